The predicted octanol–water partition coefficient (Wildman–Crippen LogP) is 5.07. The number of halogens is 2. The molecule has 0 saturated carbocycles. The zero-order valence-corrected chi connectivity index (χ0v) is 14.2. The molecular weight excluding hydrogens is 344 g/mol. The summed E-state index contributed by atoms with van der Waals surface area (Å²) in [5.74, 6) is 2.69. The predicted molar refractivity (Wildman–Crippen MR) is 89.2 cm³/mol. The molecule has 0 aliphatic carbocycles. The smallest absolute Gasteiger partial charge is 0.124 e. The molecule has 1 heterocycles. The van der Waals surface area contributed by atoms with Crippen LogP contribution in [0.4, 0.5) is 0 Å². The number of hydrogen-bond donors (Lipinski definition) is 0. The van der Waals surface area contributed by atoms with Gasteiger partial charge in [0.15, 0.2) is 0 Å². The van der Waals surface area contributed by atoms with Gasteiger partial charge in [0.2, 0.25) is 0 Å². The molecule has 0 N–H and O–H groups in total. The largest absolute Gasteiger partial charge is 0.327 e. The van der Waals surface area contributed by atoms with E-state index in [0.717, 1.165) is 22.4 Å². The molecule has 0 spiro atoms. The average Bonchev–Trinajstić information content (AvgIpc) is 2.75. The standard InChI is InChI=1S/C14H18BrClN2S/c1-19-8-4-2-3-7-18-13-6-5-11(15)9-12(13)17-14(18)10-16/h5-6,9H,2-4,7-8,10H2,1H3. The van der Waals surface area contributed by atoms with E-state index in [2.05, 4.69) is 49.9 Å². The number of rotatable bonds is 7. The van der Waals surface area contributed by atoms with Crippen LogP contribution in [0.3, 0.4) is 0 Å². The number of hydrogen-bond acceptors (Lipinski definition) is 2. The van der Waals surface area contributed by atoms with Gasteiger partial charge >= 0.3 is 0 Å². The summed E-state index contributed by atoms with van der Waals surface area (Å²) < 4.78 is 3.32. The maximum Gasteiger partial charge on any atom is 0.124 e. The van der Waals surface area contributed by atoms with Crippen LogP contribution >= 0.6 is 39.3 Å². The molecule has 0 amide bonds. The topological polar surface area (TPSA) is 17.8 Å². The van der Waals surface area contributed by atoms with Crippen molar-refractivity contribution in [3.05, 3.63) is 28.5 Å². The number of thioether (sulfide) groups is 1. The fourth-order valence-electron chi connectivity index (χ4n) is 2.20. The van der Waals surface area contributed by atoms with Gasteiger partial charge in [0, 0.05) is 11.0 Å². The lowest BCUT2D eigenvalue weighted by Crippen LogP contribution is -2.02. The number of alkyl halides is 1. The minimum Gasteiger partial charge on any atom is -0.327 e. The summed E-state index contributed by atoms with van der Waals surface area (Å²) >= 11 is 11.4. The molecule has 0 unspecified atom stereocenters. The van der Waals surface area contributed by atoms with Gasteiger partial charge in [0.05, 0.1) is 16.9 Å². The van der Waals surface area contributed by atoms with Crippen LogP contribution in [-0.2, 0) is 12.4 Å². The zero-order valence-electron chi connectivity index (χ0n) is 11.0. The maximum absolute atomic E-state index is 6.01. The number of aryl methyl sites for hydroxylation is 1. The fourth-order valence-corrected chi connectivity index (χ4v) is 3.24. The van der Waals surface area contributed by atoms with Gasteiger partial charge < -0.3 is 4.57 Å². The minimum atomic E-state index is 0.469. The summed E-state index contributed by atoms with van der Waals surface area (Å²) in [6.07, 6.45) is 5.90. The Hall–Kier alpha value is -0.190. The Kier molecular flexibility index (Phi) is 6.05. The van der Waals surface area contributed by atoms with Crippen molar-refractivity contribution in [1.29, 1.82) is 0 Å². The first-order valence-electron chi connectivity index (χ1n) is 6.46. The van der Waals surface area contributed by atoms with Crippen molar-refractivity contribution in [2.45, 2.75) is 31.7 Å². The lowest BCUT2D eigenvalue weighted by Gasteiger charge is -2.07. The molecule has 0 aliphatic rings. The number of nitrogens with zero attached hydrogens (tertiary/aromatic N) is 2. The number of aromatic nitrogens is 2. The van der Waals surface area contributed by atoms with Crippen molar-refractivity contribution in [2.24, 2.45) is 0 Å². The second kappa shape index (κ2) is 7.55. The van der Waals surface area contributed by atoms with Crippen LogP contribution in [0.1, 0.15) is 25.1 Å². The van der Waals surface area contributed by atoms with E-state index in [0.29, 0.717) is 5.88 Å². The third kappa shape index (κ3) is 3.89. The Morgan fingerprint density at radius 2 is 2.16 bits per heavy atom. The number of imidazole rings is 1. The second-order valence-corrected chi connectivity index (χ2v) is 6.67. The van der Waals surface area contributed by atoms with Crippen molar-refractivity contribution in [3.8, 4) is 0 Å². The molecule has 0 radical (unpaired) electrons. The Morgan fingerprint density at radius 1 is 1.32 bits per heavy atom. The number of unbranched alkanes of at least 4 members (excludes halogenated alkanes) is 2. The van der Waals surface area contributed by atoms with Gasteiger partial charge in [-0.05, 0) is 43.0 Å². The zero-order chi connectivity index (χ0) is 13.7. The highest BCUT2D eigenvalue weighted by molar-refractivity contribution is 9.10. The summed E-state index contributed by atoms with van der Waals surface area (Å²) in [5.41, 5.74) is 2.21. The van der Waals surface area contributed by atoms with Crippen molar-refractivity contribution in [1.82, 2.24) is 9.55 Å². The van der Waals surface area contributed by atoms with Crippen molar-refractivity contribution in [2.75, 3.05) is 12.0 Å². The third-order valence-corrected chi connectivity index (χ3v) is 4.57. The summed E-state index contributed by atoms with van der Waals surface area (Å²) in [6, 6.07) is 6.23. The first-order valence-corrected chi connectivity index (χ1v) is 9.18. The molecule has 0 aliphatic heterocycles. The van der Waals surface area contributed by atoms with Gasteiger partial charge in [0.25, 0.3) is 0 Å². The monoisotopic (exact) mass is 360 g/mol. The quantitative estimate of drug-likeness (QED) is 0.506. The molecule has 2 rings (SSSR count). The van der Waals surface area contributed by atoms with E-state index in [1.54, 1.807) is 0 Å². The van der Waals surface area contributed by atoms with Crippen LogP contribution in [-0.4, -0.2) is 21.6 Å². The molecule has 2 nitrogen and oxygen atoms in total. The Labute approximate surface area is 132 Å². The van der Waals surface area contributed by atoms with Gasteiger partial charge in [-0.15, -0.1) is 11.6 Å². The highest BCUT2D eigenvalue weighted by Gasteiger charge is 2.09. The molecule has 104 valence electrons. The SMILES string of the molecule is CSCCCCCn1c(CCl)nc2cc(Br)ccc21. The molecule has 1 aromatic carbocycles. The van der Waals surface area contributed by atoms with Gasteiger partial charge in [-0.3, -0.25) is 0 Å². The van der Waals surface area contributed by atoms with Crippen molar-refractivity contribution >= 4 is 50.3 Å². The summed E-state index contributed by atoms with van der Waals surface area (Å²) in [5, 5.41) is 0. The van der Waals surface area contributed by atoms with Gasteiger partial charge in [-0.2, -0.15) is 11.8 Å². The van der Waals surface area contributed by atoms with E-state index in [-0.39, 0.29) is 0 Å². The summed E-state index contributed by atoms with van der Waals surface area (Å²) in [6.45, 7) is 1.01. The first-order chi connectivity index (χ1) is 9.26. The molecule has 0 fully saturated rings. The van der Waals surface area contributed by atoms with Crippen LogP contribution in [0.15, 0.2) is 22.7 Å². The Morgan fingerprint density at radius 3 is 2.89 bits per heavy atom. The van der Waals surface area contributed by atoms with Gasteiger partial charge in [-0.1, -0.05) is 22.4 Å². The van der Waals surface area contributed by atoms with Crippen molar-refractivity contribution < 1.29 is 0 Å². The maximum atomic E-state index is 6.01. The molecule has 0 bridgehead atoms. The number of fused-ring (bicyclic) bond motifs is 1. The summed E-state index contributed by atoms with van der Waals surface area (Å²) in [4.78, 5) is 4.60. The normalized spacial score (nSPS) is 11.3. The van der Waals surface area contributed by atoms with E-state index in [4.69, 9.17) is 11.6 Å². The van der Waals surface area contributed by atoms with E-state index < -0.39 is 0 Å². The van der Waals surface area contributed by atoms with Crippen LogP contribution in [0.25, 0.3) is 11.0 Å². The highest BCUT2D eigenvalue weighted by atomic mass is 79.9. The Balaban J connectivity index is 2.11. The second-order valence-electron chi connectivity index (χ2n) is 4.50. The molecule has 5 heteroatoms. The molecular formula is C14H18BrClN2S. The average molecular weight is 362 g/mol. The van der Waals surface area contributed by atoms with Crippen LogP contribution < -0.4 is 0 Å². The molecule has 0 saturated heterocycles. The molecule has 0 atom stereocenters. The minimum absolute atomic E-state index is 0.469. The third-order valence-electron chi connectivity index (χ3n) is 3.14. The Bertz CT molecular complexity index is 541. The van der Waals surface area contributed by atoms with Crippen LogP contribution in [0, 0.1) is 0 Å². The van der Waals surface area contributed by atoms with Gasteiger partial charge in [-0.25, -0.2) is 4.98 Å². The van der Waals surface area contributed by atoms with E-state index in [1.807, 2.05) is 11.8 Å². The highest BCUT2D eigenvalue weighted by Crippen LogP contribution is 2.22. The molecule has 1 aromatic heterocycles. The van der Waals surface area contributed by atoms with E-state index in [1.165, 1.54) is 30.5 Å². The first kappa shape index (κ1) is 15.2. The van der Waals surface area contributed by atoms with Crippen LogP contribution in [0.2, 0.25) is 0 Å². The molecule has 19 heavy (non-hydrogen) atoms. The summed E-state index contributed by atoms with van der Waals surface area (Å²) in [7, 11) is 0. The molecule has 2 aromatic rings. The number of benzene rings is 1. The lowest BCUT2D eigenvalue weighted by atomic mass is 10.2. The lowest BCUT2D eigenvalue weighted by molar-refractivity contribution is 0.602. The van der Waals surface area contributed by atoms with Crippen molar-refractivity contribution in [3.63, 3.8) is 0 Å². The van der Waals surface area contributed by atoms with E-state index in [9.17, 15) is 0 Å². The fraction of sp³-hybridized carbons (Fsp3) is 0.500. The van der Waals surface area contributed by atoms with Crippen LogP contribution in [0.5, 0.6) is 0 Å². The van der Waals surface area contributed by atoms with E-state index >= 15 is 0 Å². The van der Waals surface area contributed by atoms with Gasteiger partial charge in [0.1, 0.15) is 5.82 Å².